The van der Waals surface area contributed by atoms with Crippen LogP contribution in [0.4, 0.5) is 0 Å². The van der Waals surface area contributed by atoms with Crippen LogP contribution < -0.4 is 0 Å². The molecule has 1 heterocycles. The molecular weight excluding hydrogens is 212 g/mol. The van der Waals surface area contributed by atoms with E-state index in [1.54, 1.807) is 0 Å². The molecule has 2 atom stereocenters. The number of allylic oxidation sites excluding steroid dienone is 2. The molecule has 2 rings (SSSR count). The summed E-state index contributed by atoms with van der Waals surface area (Å²) in [6.07, 6.45) is 7.29. The van der Waals surface area contributed by atoms with Gasteiger partial charge in [0, 0.05) is 13.0 Å². The SMILES string of the molecule is C=CCC1=C(C)[C@@H](OC2CCCCO2)CC1=C. The summed E-state index contributed by atoms with van der Waals surface area (Å²) < 4.78 is 11.7. The van der Waals surface area contributed by atoms with Crippen molar-refractivity contribution in [1.29, 1.82) is 0 Å². The number of hydrogen-bond donors (Lipinski definition) is 0. The Hall–Kier alpha value is -0.860. The van der Waals surface area contributed by atoms with Crippen molar-refractivity contribution in [2.75, 3.05) is 6.61 Å². The van der Waals surface area contributed by atoms with Crippen LogP contribution in [0.1, 0.15) is 39.0 Å². The minimum atomic E-state index is -0.0143. The third-order valence-corrected chi connectivity index (χ3v) is 3.62. The first-order chi connectivity index (χ1) is 8.22. The Morgan fingerprint density at radius 3 is 2.94 bits per heavy atom. The van der Waals surface area contributed by atoms with Gasteiger partial charge in [0.05, 0.1) is 6.10 Å². The maximum absolute atomic E-state index is 6.04. The molecule has 1 aliphatic carbocycles. The highest BCUT2D eigenvalue weighted by Gasteiger charge is 2.28. The minimum absolute atomic E-state index is 0.0143. The molecule has 2 heteroatoms. The normalized spacial score (nSPS) is 29.8. The largest absolute Gasteiger partial charge is 0.353 e. The Bertz CT molecular complexity index is 335. The molecule has 1 unspecified atom stereocenters. The zero-order chi connectivity index (χ0) is 12.3. The zero-order valence-electron chi connectivity index (χ0n) is 10.7. The zero-order valence-corrected chi connectivity index (χ0v) is 10.7. The summed E-state index contributed by atoms with van der Waals surface area (Å²) >= 11 is 0. The van der Waals surface area contributed by atoms with Crippen molar-refractivity contribution in [2.45, 2.75) is 51.4 Å². The van der Waals surface area contributed by atoms with Gasteiger partial charge in [0.15, 0.2) is 6.29 Å². The first-order valence-electron chi connectivity index (χ1n) is 6.48. The molecule has 0 aromatic rings. The lowest BCUT2D eigenvalue weighted by molar-refractivity contribution is -0.179. The second-order valence-electron chi connectivity index (χ2n) is 4.88. The molecule has 2 nitrogen and oxygen atoms in total. The molecule has 1 saturated heterocycles. The van der Waals surface area contributed by atoms with Crippen LogP contribution in [-0.4, -0.2) is 19.0 Å². The quantitative estimate of drug-likeness (QED) is 0.690. The van der Waals surface area contributed by atoms with Crippen molar-refractivity contribution in [3.8, 4) is 0 Å². The molecule has 0 saturated carbocycles. The van der Waals surface area contributed by atoms with Crippen LogP contribution in [-0.2, 0) is 9.47 Å². The first-order valence-corrected chi connectivity index (χ1v) is 6.48. The van der Waals surface area contributed by atoms with E-state index in [9.17, 15) is 0 Å². The van der Waals surface area contributed by atoms with Gasteiger partial charge in [0.1, 0.15) is 0 Å². The molecule has 1 aliphatic heterocycles. The molecule has 0 bridgehead atoms. The van der Waals surface area contributed by atoms with Gasteiger partial charge in [-0.15, -0.1) is 6.58 Å². The molecule has 0 amide bonds. The second-order valence-corrected chi connectivity index (χ2v) is 4.88. The van der Waals surface area contributed by atoms with E-state index in [4.69, 9.17) is 9.47 Å². The van der Waals surface area contributed by atoms with E-state index < -0.39 is 0 Å². The van der Waals surface area contributed by atoms with Crippen LogP contribution in [0.25, 0.3) is 0 Å². The fourth-order valence-electron chi connectivity index (χ4n) is 2.57. The van der Waals surface area contributed by atoms with E-state index in [2.05, 4.69) is 20.1 Å². The highest BCUT2D eigenvalue weighted by molar-refractivity contribution is 5.42. The fraction of sp³-hybridized carbons (Fsp3) is 0.600. The summed E-state index contributed by atoms with van der Waals surface area (Å²) in [4.78, 5) is 0. The van der Waals surface area contributed by atoms with Gasteiger partial charge < -0.3 is 9.47 Å². The number of ether oxygens (including phenoxy) is 2. The standard InChI is InChI=1S/C15H22O2/c1-4-7-13-11(2)10-14(12(13)3)17-15-8-5-6-9-16-15/h4,14-15H,1-2,5-10H2,3H3/t14-,15?/m0/s1. The second kappa shape index (κ2) is 5.65. The predicted molar refractivity (Wildman–Crippen MR) is 69.7 cm³/mol. The van der Waals surface area contributed by atoms with Gasteiger partial charge in [-0.05, 0) is 49.3 Å². The van der Waals surface area contributed by atoms with Crippen molar-refractivity contribution in [2.24, 2.45) is 0 Å². The molecule has 0 aromatic carbocycles. The molecular formula is C15H22O2. The molecule has 2 aliphatic rings. The Labute approximate surface area is 104 Å². The highest BCUT2D eigenvalue weighted by Crippen LogP contribution is 2.35. The monoisotopic (exact) mass is 234 g/mol. The summed E-state index contributed by atoms with van der Waals surface area (Å²) in [6, 6.07) is 0. The van der Waals surface area contributed by atoms with Crippen LogP contribution in [0.2, 0.25) is 0 Å². The Kier molecular flexibility index (Phi) is 4.19. The van der Waals surface area contributed by atoms with Gasteiger partial charge in [-0.25, -0.2) is 0 Å². The van der Waals surface area contributed by atoms with Crippen molar-refractivity contribution in [3.05, 3.63) is 36.0 Å². The third kappa shape index (κ3) is 2.88. The number of rotatable bonds is 4. The topological polar surface area (TPSA) is 18.5 Å². The van der Waals surface area contributed by atoms with E-state index in [-0.39, 0.29) is 12.4 Å². The van der Waals surface area contributed by atoms with Crippen LogP contribution in [0.15, 0.2) is 36.0 Å². The third-order valence-electron chi connectivity index (χ3n) is 3.62. The van der Waals surface area contributed by atoms with Gasteiger partial charge in [-0.2, -0.15) is 0 Å². The Balaban J connectivity index is 1.97. The Morgan fingerprint density at radius 2 is 2.29 bits per heavy atom. The van der Waals surface area contributed by atoms with Gasteiger partial charge in [-0.3, -0.25) is 0 Å². The lowest BCUT2D eigenvalue weighted by atomic mass is 10.1. The van der Waals surface area contributed by atoms with Crippen LogP contribution in [0, 0.1) is 0 Å². The molecule has 0 aromatic heterocycles. The van der Waals surface area contributed by atoms with Gasteiger partial charge in [0.2, 0.25) is 0 Å². The summed E-state index contributed by atoms with van der Waals surface area (Å²) in [5, 5.41) is 0. The van der Waals surface area contributed by atoms with Crippen molar-refractivity contribution in [1.82, 2.24) is 0 Å². The van der Waals surface area contributed by atoms with Crippen LogP contribution in [0.3, 0.4) is 0 Å². The highest BCUT2D eigenvalue weighted by atomic mass is 16.7. The Morgan fingerprint density at radius 1 is 1.47 bits per heavy atom. The van der Waals surface area contributed by atoms with E-state index >= 15 is 0 Å². The van der Waals surface area contributed by atoms with Crippen LogP contribution >= 0.6 is 0 Å². The smallest absolute Gasteiger partial charge is 0.158 e. The molecule has 94 valence electrons. The van der Waals surface area contributed by atoms with Gasteiger partial charge in [-0.1, -0.05) is 12.7 Å². The van der Waals surface area contributed by atoms with Gasteiger partial charge >= 0.3 is 0 Å². The van der Waals surface area contributed by atoms with Crippen molar-refractivity contribution < 1.29 is 9.47 Å². The molecule has 0 radical (unpaired) electrons. The average molecular weight is 234 g/mol. The summed E-state index contributed by atoms with van der Waals surface area (Å²) in [5.41, 5.74) is 3.83. The average Bonchev–Trinajstić information content (AvgIpc) is 2.59. The van der Waals surface area contributed by atoms with E-state index in [0.29, 0.717) is 0 Å². The summed E-state index contributed by atoms with van der Waals surface area (Å²) in [5.74, 6) is 0. The summed E-state index contributed by atoms with van der Waals surface area (Å²) in [6.45, 7) is 10.9. The maximum Gasteiger partial charge on any atom is 0.158 e. The minimum Gasteiger partial charge on any atom is -0.353 e. The molecule has 17 heavy (non-hydrogen) atoms. The predicted octanol–water partition coefficient (Wildman–Crippen LogP) is 3.75. The van der Waals surface area contributed by atoms with E-state index in [1.807, 2.05) is 6.08 Å². The molecule has 1 fully saturated rings. The van der Waals surface area contributed by atoms with Gasteiger partial charge in [0.25, 0.3) is 0 Å². The summed E-state index contributed by atoms with van der Waals surface area (Å²) in [7, 11) is 0. The maximum atomic E-state index is 6.04. The number of hydrogen-bond acceptors (Lipinski definition) is 2. The lowest BCUT2D eigenvalue weighted by Crippen LogP contribution is -2.27. The fourth-order valence-corrected chi connectivity index (χ4v) is 2.57. The van der Waals surface area contributed by atoms with Crippen LogP contribution in [0.5, 0.6) is 0 Å². The van der Waals surface area contributed by atoms with Crippen molar-refractivity contribution in [3.63, 3.8) is 0 Å². The van der Waals surface area contributed by atoms with E-state index in [1.165, 1.54) is 23.1 Å². The lowest BCUT2D eigenvalue weighted by Gasteiger charge is -2.26. The molecule has 0 spiro atoms. The molecule has 0 N–H and O–H groups in total. The van der Waals surface area contributed by atoms with Crippen molar-refractivity contribution >= 4 is 0 Å². The first kappa shape index (κ1) is 12.6. The van der Waals surface area contributed by atoms with E-state index in [0.717, 1.165) is 32.3 Å².